The summed E-state index contributed by atoms with van der Waals surface area (Å²) in [5.74, 6) is -2.09. The van der Waals surface area contributed by atoms with E-state index in [2.05, 4.69) is 18.2 Å². The largest absolute Gasteiger partial charge is 0.462 e. The molecule has 5 nitrogen and oxygen atoms in total. The second kappa shape index (κ2) is 13.3. The van der Waals surface area contributed by atoms with Crippen molar-refractivity contribution in [3.05, 3.63) is 87.6 Å². The summed E-state index contributed by atoms with van der Waals surface area (Å²) in [4.78, 5) is 30.2. The van der Waals surface area contributed by atoms with E-state index < -0.39 is 17.9 Å². The summed E-state index contributed by atoms with van der Waals surface area (Å²) in [7, 11) is 0. The number of aromatic nitrogens is 1. The smallest absolute Gasteiger partial charge is 0.320 e. The fraction of sp³-hybridized carbons (Fsp3) is 0.387. The Morgan fingerprint density at radius 1 is 0.895 bits per heavy atom. The lowest BCUT2D eigenvalue weighted by molar-refractivity contribution is -0.166. The van der Waals surface area contributed by atoms with Crippen molar-refractivity contribution in [3.63, 3.8) is 0 Å². The van der Waals surface area contributed by atoms with Gasteiger partial charge in [-0.2, -0.15) is 0 Å². The third kappa shape index (κ3) is 7.58. The monoisotopic (exact) mass is 555 g/mol. The van der Waals surface area contributed by atoms with Crippen LogP contribution in [0.3, 0.4) is 0 Å². The number of fused-ring (bicyclic) bond motifs is 1. The first kappa shape index (κ1) is 29.7. The van der Waals surface area contributed by atoms with Gasteiger partial charge in [-0.3, -0.25) is 14.6 Å². The van der Waals surface area contributed by atoms with Crippen molar-refractivity contribution in [2.75, 3.05) is 0 Å². The highest BCUT2D eigenvalue weighted by molar-refractivity contribution is 6.30. The number of hydrogen-bond donors (Lipinski definition) is 0. The number of carbonyl (C=O) groups is 2. The minimum Gasteiger partial charge on any atom is -0.462 e. The maximum Gasteiger partial charge on any atom is 0.320 e. The van der Waals surface area contributed by atoms with Crippen molar-refractivity contribution in [2.24, 2.45) is 5.92 Å². The van der Waals surface area contributed by atoms with Gasteiger partial charge in [-0.15, -0.1) is 12.4 Å². The van der Waals surface area contributed by atoms with Gasteiger partial charge in [0, 0.05) is 16.3 Å². The number of rotatable bonds is 9. The predicted octanol–water partition coefficient (Wildman–Crippen LogP) is 6.97. The van der Waals surface area contributed by atoms with Gasteiger partial charge in [0.2, 0.25) is 0 Å². The predicted molar refractivity (Wildman–Crippen MR) is 153 cm³/mol. The Balaban J connectivity index is 0.00000400. The maximum atomic E-state index is 12.6. The molecular weight excluding hydrogens is 521 g/mol. The average molecular weight is 557 g/mol. The minimum absolute atomic E-state index is 0. The quantitative estimate of drug-likeness (QED) is 0.211. The number of halogens is 2. The highest BCUT2D eigenvalue weighted by atomic mass is 35.5. The molecule has 0 bridgehead atoms. The first-order valence-corrected chi connectivity index (χ1v) is 13.3. The molecule has 4 rings (SSSR count). The van der Waals surface area contributed by atoms with E-state index in [0.717, 1.165) is 48.1 Å². The minimum atomic E-state index is -0.987. The second-order valence-electron chi connectivity index (χ2n) is 10.2. The molecule has 1 aromatic heterocycles. The van der Waals surface area contributed by atoms with Crippen LogP contribution in [0.5, 0.6) is 0 Å². The van der Waals surface area contributed by atoms with E-state index in [0.29, 0.717) is 5.02 Å². The van der Waals surface area contributed by atoms with E-state index in [1.165, 1.54) is 16.8 Å². The van der Waals surface area contributed by atoms with E-state index >= 15 is 0 Å². The molecule has 7 heteroatoms. The molecule has 0 saturated carbocycles. The average Bonchev–Trinajstić information content (AvgIpc) is 3.31. The molecule has 0 spiro atoms. The lowest BCUT2D eigenvalue weighted by atomic mass is 9.94. The van der Waals surface area contributed by atoms with Gasteiger partial charge in [0.05, 0.1) is 17.9 Å². The van der Waals surface area contributed by atoms with E-state index in [9.17, 15) is 9.59 Å². The summed E-state index contributed by atoms with van der Waals surface area (Å²) in [6.07, 6.45) is 3.58. The van der Waals surface area contributed by atoms with Gasteiger partial charge in [-0.1, -0.05) is 48.0 Å². The van der Waals surface area contributed by atoms with Crippen LogP contribution in [-0.2, 0) is 44.7 Å². The van der Waals surface area contributed by atoms with Crippen LogP contribution in [0.1, 0.15) is 62.1 Å². The van der Waals surface area contributed by atoms with Gasteiger partial charge in [0.25, 0.3) is 0 Å². The van der Waals surface area contributed by atoms with Crippen LogP contribution in [-0.4, -0.2) is 29.1 Å². The van der Waals surface area contributed by atoms with Crippen LogP contribution in [0.2, 0.25) is 5.02 Å². The molecule has 0 unspecified atom stereocenters. The molecule has 0 aliphatic heterocycles. The summed E-state index contributed by atoms with van der Waals surface area (Å²) < 4.78 is 10.7. The van der Waals surface area contributed by atoms with Gasteiger partial charge < -0.3 is 9.47 Å². The number of hydrogen-bond acceptors (Lipinski definition) is 5. The van der Waals surface area contributed by atoms with E-state index in [1.54, 1.807) is 27.7 Å². The Morgan fingerprint density at radius 2 is 1.53 bits per heavy atom. The van der Waals surface area contributed by atoms with Crippen molar-refractivity contribution >= 4 is 35.9 Å². The lowest BCUT2D eigenvalue weighted by Crippen LogP contribution is -2.32. The van der Waals surface area contributed by atoms with Crippen molar-refractivity contribution in [1.82, 2.24) is 4.98 Å². The summed E-state index contributed by atoms with van der Waals surface area (Å²) >= 11 is 6.23. The Kier molecular flexibility index (Phi) is 10.3. The van der Waals surface area contributed by atoms with Crippen LogP contribution >= 0.6 is 24.0 Å². The van der Waals surface area contributed by atoms with Gasteiger partial charge in [-0.25, -0.2) is 0 Å². The second-order valence-corrected chi connectivity index (χ2v) is 10.6. The van der Waals surface area contributed by atoms with E-state index in [4.69, 9.17) is 26.1 Å². The molecule has 0 saturated heterocycles. The number of nitrogens with zero attached hydrogens (tertiary/aromatic N) is 1. The van der Waals surface area contributed by atoms with Gasteiger partial charge >= 0.3 is 11.9 Å². The normalized spacial score (nSPS) is 12.4. The summed E-state index contributed by atoms with van der Waals surface area (Å²) in [5.41, 5.74) is 7.82. The zero-order valence-corrected chi connectivity index (χ0v) is 23.9. The Morgan fingerprint density at radius 3 is 2.13 bits per heavy atom. The maximum absolute atomic E-state index is 12.6. The molecule has 1 aliphatic carbocycles. The van der Waals surface area contributed by atoms with Gasteiger partial charge in [-0.05, 0) is 100 Å². The Labute approximate surface area is 236 Å². The van der Waals surface area contributed by atoms with E-state index in [1.807, 2.05) is 36.4 Å². The SMILES string of the molecule is CC(C)OC(=O)C(Cc1ccc(Cc2cc(-c3cccc(Cl)c3)nc3c2CCC3)cc1)C(=O)OC(C)C.Cl. The number of carbonyl (C=O) groups excluding carboxylic acids is 2. The highest BCUT2D eigenvalue weighted by Crippen LogP contribution is 2.31. The molecule has 0 N–H and O–H groups in total. The number of pyridine rings is 1. The van der Waals surface area contributed by atoms with Crippen LogP contribution in [0, 0.1) is 5.92 Å². The molecule has 202 valence electrons. The molecule has 0 fully saturated rings. The number of aryl methyl sites for hydroxylation is 1. The molecule has 1 aliphatic rings. The van der Waals surface area contributed by atoms with Crippen molar-refractivity contribution < 1.29 is 19.1 Å². The van der Waals surface area contributed by atoms with Crippen molar-refractivity contribution in [3.8, 4) is 11.3 Å². The van der Waals surface area contributed by atoms with Crippen LogP contribution in [0.4, 0.5) is 0 Å². The summed E-state index contributed by atoms with van der Waals surface area (Å²) in [5, 5.41) is 0.699. The molecule has 0 amide bonds. The summed E-state index contributed by atoms with van der Waals surface area (Å²) in [6, 6.07) is 18.1. The van der Waals surface area contributed by atoms with Gasteiger partial charge in [0.15, 0.2) is 5.92 Å². The van der Waals surface area contributed by atoms with Crippen molar-refractivity contribution in [2.45, 2.75) is 72.0 Å². The molecular formula is C31H35Cl2NO4. The third-order valence-corrected chi connectivity index (χ3v) is 6.63. The topological polar surface area (TPSA) is 65.5 Å². The lowest BCUT2D eigenvalue weighted by Gasteiger charge is -2.18. The van der Waals surface area contributed by atoms with Crippen LogP contribution < -0.4 is 0 Å². The number of benzene rings is 2. The fourth-order valence-electron chi connectivity index (χ4n) is 4.72. The van der Waals surface area contributed by atoms with Crippen LogP contribution in [0.25, 0.3) is 11.3 Å². The number of esters is 2. The van der Waals surface area contributed by atoms with Crippen LogP contribution in [0.15, 0.2) is 54.6 Å². The Bertz CT molecular complexity index is 1250. The van der Waals surface area contributed by atoms with Crippen molar-refractivity contribution in [1.29, 1.82) is 0 Å². The summed E-state index contributed by atoms with van der Waals surface area (Å²) in [6.45, 7) is 7.08. The molecule has 0 atom stereocenters. The highest BCUT2D eigenvalue weighted by Gasteiger charge is 2.31. The van der Waals surface area contributed by atoms with E-state index in [-0.39, 0.29) is 31.0 Å². The van der Waals surface area contributed by atoms with Gasteiger partial charge in [0.1, 0.15) is 0 Å². The molecule has 0 radical (unpaired) electrons. The zero-order valence-electron chi connectivity index (χ0n) is 22.3. The standard InChI is InChI=1S/C31H34ClNO4.ClH/c1-19(2)36-30(34)27(31(35)37-20(3)4)16-22-13-11-21(12-14-22)15-24-18-29(23-7-5-8-25(32)17-23)33-28-10-6-9-26(24)28;/h5,7-8,11-14,17-20,27H,6,9-10,15-16H2,1-4H3;1H. The fourth-order valence-corrected chi connectivity index (χ4v) is 4.91. The first-order valence-electron chi connectivity index (χ1n) is 13.0. The Hall–Kier alpha value is -2.89. The molecule has 2 aromatic carbocycles. The first-order chi connectivity index (χ1) is 17.7. The number of ether oxygens (including phenoxy) is 2. The third-order valence-electron chi connectivity index (χ3n) is 6.39. The zero-order chi connectivity index (χ0) is 26.5. The molecule has 3 aromatic rings. The molecule has 38 heavy (non-hydrogen) atoms. The molecule has 1 heterocycles.